The van der Waals surface area contributed by atoms with E-state index in [-0.39, 0.29) is 12.3 Å². The molecule has 0 bridgehead atoms. The molecule has 0 aliphatic rings. The smallest absolute Gasteiger partial charge is 0.303 e. The van der Waals surface area contributed by atoms with Crippen molar-refractivity contribution in [3.05, 3.63) is 16.1 Å². The molecule has 0 aliphatic carbocycles. The van der Waals surface area contributed by atoms with E-state index in [1.165, 1.54) is 0 Å². The largest absolute Gasteiger partial charge is 0.481 e. The number of carboxylic acid groups (broad SMARTS) is 1. The number of aliphatic carboxylic acids is 1. The van der Waals surface area contributed by atoms with Crippen molar-refractivity contribution in [1.29, 1.82) is 0 Å². The Morgan fingerprint density at radius 3 is 2.92 bits per heavy atom. The molecule has 1 atom stereocenters. The highest BCUT2D eigenvalue weighted by atomic mass is 32.1. The topological polar surface area (TPSA) is 50.2 Å². The summed E-state index contributed by atoms with van der Waals surface area (Å²) in [5.74, 6) is -0.678. The summed E-state index contributed by atoms with van der Waals surface area (Å²) in [6.07, 6.45) is 1.94. The molecule has 0 saturated heterocycles. The van der Waals surface area contributed by atoms with Gasteiger partial charge in [0.1, 0.15) is 0 Å². The van der Waals surface area contributed by atoms with Crippen LogP contribution in [0.25, 0.3) is 0 Å². The molecule has 1 aromatic rings. The second kappa shape index (κ2) is 3.67. The first-order chi connectivity index (χ1) is 5.59. The molecule has 66 valence electrons. The van der Waals surface area contributed by atoms with E-state index in [9.17, 15) is 4.79 Å². The monoisotopic (exact) mass is 185 g/mol. The van der Waals surface area contributed by atoms with Gasteiger partial charge in [-0.2, -0.15) is 0 Å². The van der Waals surface area contributed by atoms with Crippen LogP contribution >= 0.6 is 11.3 Å². The van der Waals surface area contributed by atoms with Crippen molar-refractivity contribution in [3.8, 4) is 0 Å². The van der Waals surface area contributed by atoms with Gasteiger partial charge in [0.05, 0.1) is 11.4 Å². The quantitative estimate of drug-likeness (QED) is 0.783. The number of nitrogens with zero attached hydrogens (tertiary/aromatic N) is 1. The number of thiazole rings is 1. The van der Waals surface area contributed by atoms with E-state index in [2.05, 4.69) is 4.98 Å². The zero-order valence-electron chi connectivity index (χ0n) is 7.07. The molecule has 4 heteroatoms. The molecule has 0 amide bonds. The van der Waals surface area contributed by atoms with E-state index >= 15 is 0 Å². The van der Waals surface area contributed by atoms with E-state index in [1.54, 1.807) is 17.5 Å². The second-order valence-electron chi connectivity index (χ2n) is 2.78. The van der Waals surface area contributed by atoms with E-state index in [1.807, 2.05) is 13.8 Å². The van der Waals surface area contributed by atoms with Crippen molar-refractivity contribution in [2.24, 2.45) is 0 Å². The van der Waals surface area contributed by atoms with E-state index in [0.717, 1.165) is 9.88 Å². The highest BCUT2D eigenvalue weighted by molar-refractivity contribution is 7.11. The minimum atomic E-state index is -0.756. The third-order valence-electron chi connectivity index (χ3n) is 1.61. The molecule has 1 N–H and O–H groups in total. The summed E-state index contributed by atoms with van der Waals surface area (Å²) in [6, 6.07) is 0. The number of hydrogen-bond donors (Lipinski definition) is 1. The summed E-state index contributed by atoms with van der Waals surface area (Å²) in [5.41, 5.74) is 0. The number of aryl methyl sites for hydroxylation is 1. The van der Waals surface area contributed by atoms with E-state index in [4.69, 9.17) is 5.11 Å². The normalized spacial score (nSPS) is 12.8. The molecule has 0 spiro atoms. The van der Waals surface area contributed by atoms with Gasteiger partial charge in [-0.25, -0.2) is 4.98 Å². The fourth-order valence-electron chi connectivity index (χ4n) is 0.968. The first-order valence-electron chi connectivity index (χ1n) is 3.73. The van der Waals surface area contributed by atoms with Crippen LogP contribution in [0.2, 0.25) is 0 Å². The van der Waals surface area contributed by atoms with Crippen LogP contribution < -0.4 is 0 Å². The first kappa shape index (κ1) is 9.19. The Bertz CT molecular complexity index is 282. The summed E-state index contributed by atoms with van der Waals surface area (Å²) >= 11 is 1.56. The molecule has 0 radical (unpaired) electrons. The van der Waals surface area contributed by atoms with Crippen LogP contribution in [-0.4, -0.2) is 16.1 Å². The van der Waals surface area contributed by atoms with Gasteiger partial charge in [-0.1, -0.05) is 6.92 Å². The fourth-order valence-corrected chi connectivity index (χ4v) is 1.80. The number of carboxylic acids is 1. The molecular formula is C8H11NO2S. The average molecular weight is 185 g/mol. The summed E-state index contributed by atoms with van der Waals surface area (Å²) < 4.78 is 0. The van der Waals surface area contributed by atoms with Crippen molar-refractivity contribution < 1.29 is 9.90 Å². The van der Waals surface area contributed by atoms with Crippen LogP contribution in [0.15, 0.2) is 6.20 Å². The minimum absolute atomic E-state index is 0.0775. The average Bonchev–Trinajstić information content (AvgIpc) is 2.34. The van der Waals surface area contributed by atoms with Crippen molar-refractivity contribution in [2.75, 3.05) is 0 Å². The Morgan fingerprint density at radius 2 is 2.50 bits per heavy atom. The van der Waals surface area contributed by atoms with Crippen molar-refractivity contribution >= 4 is 17.3 Å². The lowest BCUT2D eigenvalue weighted by atomic mass is 10.1. The standard InChI is InChI=1S/C8H11NO2S/c1-5(3-8(10)11)7-4-9-6(2)12-7/h4-5H,3H2,1-2H3,(H,10,11). The zero-order valence-corrected chi connectivity index (χ0v) is 7.89. The highest BCUT2D eigenvalue weighted by Gasteiger charge is 2.11. The molecule has 0 aromatic carbocycles. The SMILES string of the molecule is Cc1ncc(C(C)CC(=O)O)s1. The summed E-state index contributed by atoms with van der Waals surface area (Å²) in [5, 5.41) is 9.52. The lowest BCUT2D eigenvalue weighted by Crippen LogP contribution is -2.00. The Balaban J connectivity index is 2.64. The van der Waals surface area contributed by atoms with Gasteiger partial charge in [0.2, 0.25) is 0 Å². The highest BCUT2D eigenvalue weighted by Crippen LogP contribution is 2.24. The van der Waals surface area contributed by atoms with Gasteiger partial charge in [-0.05, 0) is 6.92 Å². The number of rotatable bonds is 3. The van der Waals surface area contributed by atoms with Gasteiger partial charge < -0.3 is 5.11 Å². The summed E-state index contributed by atoms with van der Waals surface area (Å²) in [4.78, 5) is 15.5. The maximum Gasteiger partial charge on any atom is 0.303 e. The fraction of sp³-hybridized carbons (Fsp3) is 0.500. The van der Waals surface area contributed by atoms with Crippen LogP contribution in [0.5, 0.6) is 0 Å². The summed E-state index contributed by atoms with van der Waals surface area (Å²) in [6.45, 7) is 3.82. The molecule has 0 saturated carbocycles. The molecule has 3 nitrogen and oxygen atoms in total. The Kier molecular flexibility index (Phi) is 2.81. The molecule has 0 fully saturated rings. The predicted molar refractivity (Wildman–Crippen MR) is 47.5 cm³/mol. The van der Waals surface area contributed by atoms with Crippen molar-refractivity contribution in [2.45, 2.75) is 26.2 Å². The maximum absolute atomic E-state index is 10.4. The minimum Gasteiger partial charge on any atom is -0.481 e. The number of aromatic nitrogens is 1. The number of carbonyl (C=O) groups is 1. The van der Waals surface area contributed by atoms with Gasteiger partial charge in [0, 0.05) is 17.0 Å². The van der Waals surface area contributed by atoms with Gasteiger partial charge in [-0.15, -0.1) is 11.3 Å². The molecule has 0 aliphatic heterocycles. The van der Waals surface area contributed by atoms with Crippen LogP contribution in [0.4, 0.5) is 0 Å². The first-order valence-corrected chi connectivity index (χ1v) is 4.55. The Morgan fingerprint density at radius 1 is 1.83 bits per heavy atom. The van der Waals surface area contributed by atoms with Gasteiger partial charge in [0.15, 0.2) is 0 Å². The Hall–Kier alpha value is -0.900. The van der Waals surface area contributed by atoms with Crippen LogP contribution in [0.3, 0.4) is 0 Å². The molecule has 1 rings (SSSR count). The third kappa shape index (κ3) is 2.30. The van der Waals surface area contributed by atoms with Gasteiger partial charge in [0.25, 0.3) is 0 Å². The van der Waals surface area contributed by atoms with E-state index < -0.39 is 5.97 Å². The second-order valence-corrected chi connectivity index (χ2v) is 4.05. The molecule has 1 aromatic heterocycles. The van der Waals surface area contributed by atoms with Crippen molar-refractivity contribution in [3.63, 3.8) is 0 Å². The number of hydrogen-bond acceptors (Lipinski definition) is 3. The molecule has 1 heterocycles. The predicted octanol–water partition coefficient (Wildman–Crippen LogP) is 2.03. The molecule has 12 heavy (non-hydrogen) atoms. The van der Waals surface area contributed by atoms with Crippen molar-refractivity contribution in [1.82, 2.24) is 4.98 Å². The maximum atomic E-state index is 10.4. The summed E-state index contributed by atoms with van der Waals surface area (Å²) in [7, 11) is 0. The molecule has 1 unspecified atom stereocenters. The van der Waals surface area contributed by atoms with Crippen LogP contribution in [0.1, 0.15) is 29.1 Å². The lowest BCUT2D eigenvalue weighted by molar-refractivity contribution is -0.137. The van der Waals surface area contributed by atoms with E-state index in [0.29, 0.717) is 0 Å². The van der Waals surface area contributed by atoms with Crippen LogP contribution in [0, 0.1) is 6.92 Å². The van der Waals surface area contributed by atoms with Gasteiger partial charge in [-0.3, -0.25) is 4.79 Å². The Labute approximate surface area is 75.1 Å². The third-order valence-corrected chi connectivity index (χ3v) is 2.75. The molecular weight excluding hydrogens is 174 g/mol. The van der Waals surface area contributed by atoms with Crippen LogP contribution in [-0.2, 0) is 4.79 Å². The zero-order chi connectivity index (χ0) is 9.14. The lowest BCUT2D eigenvalue weighted by Gasteiger charge is -2.02. The van der Waals surface area contributed by atoms with Gasteiger partial charge >= 0.3 is 5.97 Å².